The molecule has 0 fully saturated rings. The number of anilines is 1. The molecule has 0 amide bonds. The van der Waals surface area contributed by atoms with Crippen molar-refractivity contribution in [3.05, 3.63) is 63.6 Å². The molecule has 12 nitrogen and oxygen atoms in total. The smallest absolute Gasteiger partial charge is 0.356 e. The maximum absolute atomic E-state index is 13.4. The number of aromatic amines is 1. The Morgan fingerprint density at radius 2 is 1.94 bits per heavy atom. The van der Waals surface area contributed by atoms with Gasteiger partial charge in [-0.05, 0) is 19.4 Å². The fourth-order valence-corrected chi connectivity index (χ4v) is 4.35. The number of ether oxygens (including phenoxy) is 3. The first kappa shape index (κ1) is 24.0. The SMILES string of the molecule is CC1=C(COP(=O)(COCCn2cnc3c(=O)[nH]c(N)nc32)OCc2ccc(C)cc2)OCO1. The number of nitrogens with one attached hydrogen (secondary N) is 1. The van der Waals surface area contributed by atoms with Gasteiger partial charge in [0.05, 0.1) is 19.5 Å². The highest BCUT2D eigenvalue weighted by molar-refractivity contribution is 7.53. The predicted octanol–water partition coefficient (Wildman–Crippen LogP) is 2.65. The Hall–Kier alpha value is -3.18. The van der Waals surface area contributed by atoms with Gasteiger partial charge in [-0.1, -0.05) is 29.8 Å². The maximum atomic E-state index is 13.4. The van der Waals surface area contributed by atoms with E-state index in [-0.39, 0.29) is 44.4 Å². The van der Waals surface area contributed by atoms with E-state index in [4.69, 9.17) is 29.0 Å². The molecule has 182 valence electrons. The second kappa shape index (κ2) is 10.4. The van der Waals surface area contributed by atoms with Gasteiger partial charge in [0.2, 0.25) is 12.7 Å². The molecule has 1 aliphatic heterocycles. The average Bonchev–Trinajstić information content (AvgIpc) is 3.41. The van der Waals surface area contributed by atoms with Crippen LogP contribution in [0.4, 0.5) is 5.95 Å². The van der Waals surface area contributed by atoms with Gasteiger partial charge >= 0.3 is 7.60 Å². The van der Waals surface area contributed by atoms with E-state index in [1.54, 1.807) is 11.5 Å². The summed E-state index contributed by atoms with van der Waals surface area (Å²) in [6.07, 6.45) is 1.18. The first-order valence-corrected chi connectivity index (χ1v) is 12.2. The molecule has 2 aromatic heterocycles. The summed E-state index contributed by atoms with van der Waals surface area (Å²) >= 11 is 0. The van der Waals surface area contributed by atoms with E-state index in [0.717, 1.165) is 11.1 Å². The average molecular weight is 491 g/mol. The molecule has 1 aliphatic rings. The summed E-state index contributed by atoms with van der Waals surface area (Å²) in [4.78, 5) is 22.5. The number of hydrogen-bond acceptors (Lipinski definition) is 10. The predicted molar refractivity (Wildman–Crippen MR) is 123 cm³/mol. The number of aromatic nitrogens is 4. The summed E-state index contributed by atoms with van der Waals surface area (Å²) < 4.78 is 42.5. The second-order valence-electron chi connectivity index (χ2n) is 7.63. The molecule has 0 saturated heterocycles. The van der Waals surface area contributed by atoms with E-state index in [2.05, 4.69) is 15.0 Å². The number of rotatable bonds is 11. The quantitative estimate of drug-likeness (QED) is 0.302. The molecule has 1 atom stereocenters. The summed E-state index contributed by atoms with van der Waals surface area (Å²) in [7, 11) is -3.65. The van der Waals surface area contributed by atoms with Crippen molar-refractivity contribution in [1.29, 1.82) is 0 Å². The van der Waals surface area contributed by atoms with Crippen LogP contribution in [0.15, 0.2) is 46.9 Å². The highest BCUT2D eigenvalue weighted by Gasteiger charge is 2.28. The minimum Gasteiger partial charge on any atom is -0.459 e. The van der Waals surface area contributed by atoms with Crippen LogP contribution < -0.4 is 11.3 Å². The Bertz CT molecular complexity index is 1280. The first-order valence-electron chi connectivity index (χ1n) is 10.5. The molecule has 3 heterocycles. The van der Waals surface area contributed by atoms with Crippen molar-refractivity contribution in [3.8, 4) is 0 Å². The van der Waals surface area contributed by atoms with Gasteiger partial charge in [0.1, 0.15) is 18.7 Å². The Balaban J connectivity index is 1.38. The van der Waals surface area contributed by atoms with E-state index in [9.17, 15) is 9.36 Å². The second-order valence-corrected chi connectivity index (χ2v) is 9.62. The molecular weight excluding hydrogens is 465 g/mol. The van der Waals surface area contributed by atoms with Gasteiger partial charge in [-0.2, -0.15) is 4.98 Å². The van der Waals surface area contributed by atoms with E-state index < -0.39 is 13.2 Å². The van der Waals surface area contributed by atoms with E-state index >= 15 is 0 Å². The third-order valence-corrected chi connectivity index (χ3v) is 6.60. The molecule has 34 heavy (non-hydrogen) atoms. The Labute approximate surface area is 195 Å². The van der Waals surface area contributed by atoms with Crippen molar-refractivity contribution < 1.29 is 27.8 Å². The van der Waals surface area contributed by atoms with Crippen LogP contribution >= 0.6 is 7.60 Å². The van der Waals surface area contributed by atoms with Gasteiger partial charge in [0, 0.05) is 6.54 Å². The van der Waals surface area contributed by atoms with Gasteiger partial charge in [-0.25, -0.2) is 4.98 Å². The molecule has 0 radical (unpaired) electrons. The van der Waals surface area contributed by atoms with Crippen molar-refractivity contribution in [3.63, 3.8) is 0 Å². The van der Waals surface area contributed by atoms with Crippen LogP contribution in [0, 0.1) is 6.92 Å². The Morgan fingerprint density at radius 1 is 1.18 bits per heavy atom. The summed E-state index contributed by atoms with van der Waals surface area (Å²) in [6.45, 7) is 4.27. The van der Waals surface area contributed by atoms with Crippen LogP contribution in [0.2, 0.25) is 0 Å². The van der Waals surface area contributed by atoms with Crippen molar-refractivity contribution in [2.45, 2.75) is 27.0 Å². The van der Waals surface area contributed by atoms with Crippen LogP contribution in [0.3, 0.4) is 0 Å². The van der Waals surface area contributed by atoms with Crippen LogP contribution in [0.25, 0.3) is 11.2 Å². The maximum Gasteiger partial charge on any atom is 0.356 e. The van der Waals surface area contributed by atoms with Crippen molar-refractivity contribution >= 4 is 24.7 Å². The van der Waals surface area contributed by atoms with Gasteiger partial charge in [-0.3, -0.25) is 18.9 Å². The number of hydrogen-bond donors (Lipinski definition) is 2. The monoisotopic (exact) mass is 491 g/mol. The van der Waals surface area contributed by atoms with E-state index in [0.29, 0.717) is 23.7 Å². The third kappa shape index (κ3) is 5.84. The number of nitrogens with two attached hydrogens (primary N) is 1. The normalized spacial score (nSPS) is 15.4. The van der Waals surface area contributed by atoms with E-state index in [1.165, 1.54) is 6.33 Å². The van der Waals surface area contributed by atoms with Crippen LogP contribution in [-0.2, 0) is 41.0 Å². The van der Waals surface area contributed by atoms with Crippen molar-refractivity contribution in [1.82, 2.24) is 19.5 Å². The number of allylic oxidation sites excluding steroid dienone is 1. The Kier molecular flexibility index (Phi) is 7.32. The van der Waals surface area contributed by atoms with Crippen molar-refractivity contribution in [2.75, 3.05) is 32.1 Å². The third-order valence-electron chi connectivity index (χ3n) is 5.06. The highest BCUT2D eigenvalue weighted by atomic mass is 31.2. The number of imidazole rings is 1. The number of nitrogen functional groups attached to an aromatic ring is 1. The lowest BCUT2D eigenvalue weighted by atomic mass is 10.2. The number of fused-ring (bicyclic) bond motifs is 1. The fraction of sp³-hybridized carbons (Fsp3) is 0.381. The van der Waals surface area contributed by atoms with Gasteiger partial charge < -0.3 is 29.0 Å². The summed E-state index contributed by atoms with van der Waals surface area (Å²) in [5.74, 6) is 1.02. The molecule has 3 N–H and O–H groups in total. The standard InChI is InChI=1S/C21H26N5O7P/c1-14-3-5-16(6-4-14)9-32-34(28,33-10-17-15(2)30-12-31-17)13-29-8-7-26-11-23-18-19(26)24-21(22)25-20(18)27/h3-6,11H,7-10,12-13H2,1-2H3,(H3,22,24,25,27). The topological polar surface area (TPSA) is 153 Å². The van der Waals surface area contributed by atoms with E-state index in [1.807, 2.05) is 31.2 Å². The number of H-pyrrole nitrogens is 1. The zero-order valence-corrected chi connectivity index (χ0v) is 19.7. The summed E-state index contributed by atoms with van der Waals surface area (Å²) in [6, 6.07) is 7.68. The van der Waals surface area contributed by atoms with Gasteiger partial charge in [0.15, 0.2) is 16.9 Å². The molecule has 4 rings (SSSR count). The Morgan fingerprint density at radius 3 is 2.68 bits per heavy atom. The lowest BCUT2D eigenvalue weighted by Gasteiger charge is -2.19. The highest BCUT2D eigenvalue weighted by Crippen LogP contribution is 2.49. The molecule has 0 spiro atoms. The lowest BCUT2D eigenvalue weighted by Crippen LogP contribution is -2.13. The van der Waals surface area contributed by atoms with Crippen molar-refractivity contribution in [2.24, 2.45) is 0 Å². The molecule has 1 aromatic carbocycles. The van der Waals surface area contributed by atoms with Crippen LogP contribution in [0.1, 0.15) is 18.1 Å². The summed E-state index contributed by atoms with van der Waals surface area (Å²) in [5, 5.41) is 0. The molecule has 0 saturated carbocycles. The minimum atomic E-state index is -3.65. The molecule has 1 unspecified atom stereocenters. The van der Waals surface area contributed by atoms with Gasteiger partial charge in [-0.15, -0.1) is 0 Å². The lowest BCUT2D eigenvalue weighted by molar-refractivity contribution is 0.0602. The van der Waals surface area contributed by atoms with Gasteiger partial charge in [0.25, 0.3) is 5.56 Å². The zero-order valence-electron chi connectivity index (χ0n) is 18.9. The molecule has 3 aromatic rings. The number of aryl methyl sites for hydroxylation is 1. The molecule has 13 heteroatoms. The summed E-state index contributed by atoms with van der Waals surface area (Å²) in [5.41, 5.74) is 7.66. The molecular formula is C21H26N5O7P. The van der Waals surface area contributed by atoms with Crippen LogP contribution in [-0.4, -0.2) is 45.9 Å². The number of benzene rings is 1. The van der Waals surface area contributed by atoms with Crippen LogP contribution in [0.5, 0.6) is 0 Å². The molecule has 0 aliphatic carbocycles. The largest absolute Gasteiger partial charge is 0.459 e. The molecule has 0 bridgehead atoms. The minimum absolute atomic E-state index is 0.00900. The zero-order chi connectivity index (χ0) is 24.1. The number of nitrogens with zero attached hydrogens (tertiary/aromatic N) is 3. The fourth-order valence-electron chi connectivity index (χ4n) is 3.11. The first-order chi connectivity index (χ1) is 16.3.